The predicted octanol–water partition coefficient (Wildman–Crippen LogP) is -1.06. The van der Waals surface area contributed by atoms with Crippen molar-refractivity contribution in [2.45, 2.75) is 12.0 Å². The smallest absolute Gasteiger partial charge is 0.327 e. The third-order valence-electron chi connectivity index (χ3n) is 2.41. The normalized spacial score (nSPS) is 28.3. The Labute approximate surface area is 89.1 Å². The number of carbonyl (C=O) groups excluding carboxylic acids is 1. The van der Waals surface area contributed by atoms with Gasteiger partial charge in [0.2, 0.25) is 0 Å². The second kappa shape index (κ2) is 4.21. The SMILES string of the molecule is C#CCNC1(C(=O)OC)CCS(=O)(=O)C1. The molecule has 0 radical (unpaired) electrons. The molecule has 5 nitrogen and oxygen atoms in total. The van der Waals surface area contributed by atoms with Crippen LogP contribution < -0.4 is 5.32 Å². The zero-order valence-electron chi connectivity index (χ0n) is 8.45. The molecule has 1 fully saturated rings. The first kappa shape index (κ1) is 12.0. The fourth-order valence-corrected chi connectivity index (χ4v) is 3.56. The lowest BCUT2D eigenvalue weighted by Crippen LogP contribution is -2.53. The third kappa shape index (κ3) is 2.49. The Bertz CT molecular complexity index is 395. The van der Waals surface area contributed by atoms with Gasteiger partial charge < -0.3 is 4.74 Å². The minimum Gasteiger partial charge on any atom is -0.468 e. The topological polar surface area (TPSA) is 72.5 Å². The van der Waals surface area contributed by atoms with E-state index in [1.165, 1.54) is 7.11 Å². The van der Waals surface area contributed by atoms with Crippen LogP contribution in [-0.2, 0) is 19.4 Å². The van der Waals surface area contributed by atoms with E-state index in [0.29, 0.717) is 0 Å². The van der Waals surface area contributed by atoms with Crippen LogP contribution in [0.25, 0.3) is 0 Å². The van der Waals surface area contributed by atoms with E-state index in [0.717, 1.165) is 0 Å². The van der Waals surface area contributed by atoms with E-state index in [1.807, 2.05) is 0 Å². The van der Waals surface area contributed by atoms with Gasteiger partial charge in [0.25, 0.3) is 0 Å². The molecule has 84 valence electrons. The van der Waals surface area contributed by atoms with Crippen LogP contribution in [0.4, 0.5) is 0 Å². The van der Waals surface area contributed by atoms with Crippen LogP contribution >= 0.6 is 0 Å². The minimum atomic E-state index is -3.17. The minimum absolute atomic E-state index is 0.0142. The summed E-state index contributed by atoms with van der Waals surface area (Å²) in [5.74, 6) is 1.49. The molecule has 0 aromatic heterocycles. The van der Waals surface area contributed by atoms with Crippen molar-refractivity contribution in [3.8, 4) is 12.3 Å². The predicted molar refractivity (Wildman–Crippen MR) is 54.9 cm³/mol. The highest BCUT2D eigenvalue weighted by Gasteiger charge is 2.48. The van der Waals surface area contributed by atoms with E-state index in [9.17, 15) is 13.2 Å². The second-order valence-electron chi connectivity index (χ2n) is 3.47. The summed E-state index contributed by atoms with van der Waals surface area (Å²) in [7, 11) is -1.94. The highest BCUT2D eigenvalue weighted by Crippen LogP contribution is 2.24. The lowest BCUT2D eigenvalue weighted by atomic mass is 9.99. The van der Waals surface area contributed by atoms with Crippen molar-refractivity contribution in [3.05, 3.63) is 0 Å². The van der Waals surface area contributed by atoms with Gasteiger partial charge in [-0.05, 0) is 6.42 Å². The number of nitrogens with one attached hydrogen (secondary N) is 1. The number of rotatable bonds is 3. The monoisotopic (exact) mass is 231 g/mol. The van der Waals surface area contributed by atoms with Crippen LogP contribution in [-0.4, -0.2) is 45.1 Å². The molecular weight excluding hydrogens is 218 g/mol. The molecule has 1 unspecified atom stereocenters. The van der Waals surface area contributed by atoms with Crippen LogP contribution in [0, 0.1) is 12.3 Å². The van der Waals surface area contributed by atoms with Crippen LogP contribution in [0.5, 0.6) is 0 Å². The molecule has 1 aliphatic heterocycles. The summed E-state index contributed by atoms with van der Waals surface area (Å²) >= 11 is 0. The van der Waals surface area contributed by atoms with Gasteiger partial charge in [-0.2, -0.15) is 0 Å². The van der Waals surface area contributed by atoms with Crippen LogP contribution in [0.15, 0.2) is 0 Å². The summed E-state index contributed by atoms with van der Waals surface area (Å²) in [6, 6.07) is 0. The first-order chi connectivity index (χ1) is 6.96. The van der Waals surface area contributed by atoms with Gasteiger partial charge in [0.1, 0.15) is 5.54 Å². The van der Waals surface area contributed by atoms with Gasteiger partial charge in [0.05, 0.1) is 25.2 Å². The average molecular weight is 231 g/mol. The van der Waals surface area contributed by atoms with Crippen LogP contribution in [0.3, 0.4) is 0 Å². The van der Waals surface area contributed by atoms with Gasteiger partial charge in [-0.1, -0.05) is 5.92 Å². The fourth-order valence-electron chi connectivity index (χ4n) is 1.64. The Kier molecular flexibility index (Phi) is 3.37. The first-order valence-corrected chi connectivity index (χ1v) is 6.25. The quantitative estimate of drug-likeness (QED) is 0.495. The number of terminal acetylenes is 1. The van der Waals surface area contributed by atoms with Crippen molar-refractivity contribution in [3.63, 3.8) is 0 Å². The Morgan fingerprint density at radius 1 is 1.67 bits per heavy atom. The molecule has 0 spiro atoms. The molecule has 0 aliphatic carbocycles. The number of carbonyl (C=O) groups is 1. The number of ether oxygens (including phenoxy) is 1. The van der Waals surface area contributed by atoms with Crippen molar-refractivity contribution in [2.75, 3.05) is 25.2 Å². The van der Waals surface area contributed by atoms with Crippen LogP contribution in [0.2, 0.25) is 0 Å². The number of hydrogen-bond acceptors (Lipinski definition) is 5. The van der Waals surface area contributed by atoms with Crippen molar-refractivity contribution in [1.29, 1.82) is 0 Å². The van der Waals surface area contributed by atoms with Gasteiger partial charge in [-0.25, -0.2) is 8.42 Å². The zero-order chi connectivity index (χ0) is 11.5. The molecule has 0 saturated carbocycles. The summed E-state index contributed by atoms with van der Waals surface area (Å²) in [6.07, 6.45) is 5.27. The van der Waals surface area contributed by atoms with Crippen molar-refractivity contribution in [1.82, 2.24) is 5.32 Å². The Hall–Kier alpha value is -1.06. The van der Waals surface area contributed by atoms with Gasteiger partial charge in [-0.3, -0.25) is 10.1 Å². The fraction of sp³-hybridized carbons (Fsp3) is 0.667. The molecule has 6 heteroatoms. The van der Waals surface area contributed by atoms with E-state index in [1.54, 1.807) is 0 Å². The molecular formula is C9H13NO4S. The summed E-state index contributed by atoms with van der Waals surface area (Å²) in [5, 5.41) is 2.76. The number of esters is 1. The van der Waals surface area contributed by atoms with E-state index in [2.05, 4.69) is 16.0 Å². The molecule has 0 aromatic rings. The van der Waals surface area contributed by atoms with Gasteiger partial charge >= 0.3 is 5.97 Å². The largest absolute Gasteiger partial charge is 0.468 e. The Balaban J connectivity index is 2.90. The van der Waals surface area contributed by atoms with Crippen LogP contribution in [0.1, 0.15) is 6.42 Å². The lowest BCUT2D eigenvalue weighted by Gasteiger charge is -2.24. The maximum atomic E-state index is 11.5. The number of methoxy groups -OCH3 is 1. The Morgan fingerprint density at radius 3 is 2.73 bits per heavy atom. The average Bonchev–Trinajstić information content (AvgIpc) is 2.51. The molecule has 1 aliphatic rings. The Morgan fingerprint density at radius 2 is 2.33 bits per heavy atom. The van der Waals surface area contributed by atoms with Gasteiger partial charge in [-0.15, -0.1) is 6.42 Å². The zero-order valence-corrected chi connectivity index (χ0v) is 9.26. The lowest BCUT2D eigenvalue weighted by molar-refractivity contribution is -0.147. The summed E-state index contributed by atoms with van der Waals surface area (Å²) in [6.45, 7) is 0.143. The first-order valence-electron chi connectivity index (χ1n) is 4.43. The molecule has 15 heavy (non-hydrogen) atoms. The molecule has 1 N–H and O–H groups in total. The molecule has 0 bridgehead atoms. The molecule has 0 aromatic carbocycles. The highest BCUT2D eigenvalue weighted by atomic mass is 32.2. The van der Waals surface area contributed by atoms with Gasteiger partial charge in [0, 0.05) is 0 Å². The van der Waals surface area contributed by atoms with Crippen molar-refractivity contribution in [2.24, 2.45) is 0 Å². The molecule has 1 rings (SSSR count). The van der Waals surface area contributed by atoms with Crippen molar-refractivity contribution >= 4 is 15.8 Å². The maximum absolute atomic E-state index is 11.5. The summed E-state index contributed by atoms with van der Waals surface area (Å²) < 4.78 is 27.3. The van der Waals surface area contributed by atoms with E-state index >= 15 is 0 Å². The van der Waals surface area contributed by atoms with E-state index < -0.39 is 21.3 Å². The summed E-state index contributed by atoms with van der Waals surface area (Å²) in [4.78, 5) is 11.5. The number of sulfone groups is 1. The van der Waals surface area contributed by atoms with E-state index in [-0.39, 0.29) is 24.5 Å². The molecule has 1 heterocycles. The molecule has 1 atom stereocenters. The highest BCUT2D eigenvalue weighted by molar-refractivity contribution is 7.91. The van der Waals surface area contributed by atoms with Gasteiger partial charge in [0.15, 0.2) is 9.84 Å². The molecule has 0 amide bonds. The maximum Gasteiger partial charge on any atom is 0.327 e. The summed E-state index contributed by atoms with van der Waals surface area (Å²) in [5.41, 5.74) is -1.15. The molecule has 1 saturated heterocycles. The third-order valence-corrected chi connectivity index (χ3v) is 4.17. The van der Waals surface area contributed by atoms with Crippen molar-refractivity contribution < 1.29 is 17.9 Å². The standard InChI is InChI=1S/C9H13NO4S/c1-3-5-10-9(8(11)14-2)4-6-15(12,13)7-9/h1,10H,4-7H2,2H3. The van der Waals surface area contributed by atoms with E-state index in [4.69, 9.17) is 6.42 Å². The second-order valence-corrected chi connectivity index (χ2v) is 5.66. The number of hydrogen-bond donors (Lipinski definition) is 1.